The van der Waals surface area contributed by atoms with Gasteiger partial charge in [-0.15, -0.1) is 0 Å². The third-order valence-corrected chi connectivity index (χ3v) is 5.51. The van der Waals surface area contributed by atoms with E-state index in [-0.39, 0.29) is 12.1 Å². The molecular formula is C22H18F3N5O2. The molecule has 164 valence electrons. The summed E-state index contributed by atoms with van der Waals surface area (Å²) in [6.45, 7) is 0.911. The first-order chi connectivity index (χ1) is 15.4. The van der Waals surface area contributed by atoms with Gasteiger partial charge in [0, 0.05) is 25.0 Å². The topological polar surface area (TPSA) is 76.2 Å². The van der Waals surface area contributed by atoms with Gasteiger partial charge in [-0.2, -0.15) is 13.2 Å². The number of alkyl halides is 3. The lowest BCUT2D eigenvalue weighted by atomic mass is 10.2. The maximum Gasteiger partial charge on any atom is 0.416 e. The minimum atomic E-state index is -4.42. The molecule has 5 rings (SSSR count). The summed E-state index contributed by atoms with van der Waals surface area (Å²) in [4.78, 5) is 23.5. The van der Waals surface area contributed by atoms with E-state index in [1.165, 1.54) is 12.1 Å². The first-order valence-corrected chi connectivity index (χ1v) is 9.99. The van der Waals surface area contributed by atoms with Gasteiger partial charge in [0.05, 0.1) is 23.4 Å². The van der Waals surface area contributed by atoms with Crippen LogP contribution in [0.15, 0.2) is 65.6 Å². The van der Waals surface area contributed by atoms with Gasteiger partial charge in [-0.3, -0.25) is 0 Å². The average molecular weight is 441 g/mol. The van der Waals surface area contributed by atoms with Crippen LogP contribution in [-0.2, 0) is 6.18 Å². The molecule has 2 amide bonds. The molecule has 0 unspecified atom stereocenters. The molecule has 1 atom stereocenters. The number of pyridine rings is 1. The van der Waals surface area contributed by atoms with Crippen molar-refractivity contribution in [2.75, 3.05) is 18.4 Å². The Morgan fingerprint density at radius 2 is 1.97 bits per heavy atom. The molecule has 32 heavy (non-hydrogen) atoms. The number of nitrogens with zero attached hydrogens (tertiary/aromatic N) is 4. The number of nitrogens with one attached hydrogen (secondary N) is 1. The van der Waals surface area contributed by atoms with Gasteiger partial charge in [-0.05, 0) is 48.9 Å². The van der Waals surface area contributed by atoms with Gasteiger partial charge in [-0.25, -0.2) is 14.8 Å². The third-order valence-electron chi connectivity index (χ3n) is 5.51. The number of fused-ring (bicyclic) bond motifs is 1. The van der Waals surface area contributed by atoms with E-state index in [0.29, 0.717) is 31.0 Å². The Labute approximate surface area is 180 Å². The van der Waals surface area contributed by atoms with Gasteiger partial charge < -0.3 is 19.2 Å². The Kier molecular flexibility index (Phi) is 4.84. The molecule has 0 radical (unpaired) electrons. The zero-order chi connectivity index (χ0) is 22.3. The molecule has 1 aromatic carbocycles. The first kappa shape index (κ1) is 20.1. The Morgan fingerprint density at radius 1 is 1.16 bits per heavy atom. The van der Waals surface area contributed by atoms with Crippen LogP contribution >= 0.6 is 0 Å². The van der Waals surface area contributed by atoms with Crippen molar-refractivity contribution in [1.82, 2.24) is 19.4 Å². The second kappa shape index (κ2) is 7.70. The number of rotatable bonds is 3. The van der Waals surface area contributed by atoms with Gasteiger partial charge in [0.25, 0.3) is 0 Å². The fourth-order valence-corrected chi connectivity index (χ4v) is 3.95. The highest BCUT2D eigenvalue weighted by atomic mass is 19.4. The smallest absolute Gasteiger partial charge is 0.416 e. The lowest BCUT2D eigenvalue weighted by Gasteiger charge is -2.19. The molecule has 0 aliphatic carbocycles. The maximum atomic E-state index is 12.7. The van der Waals surface area contributed by atoms with Crippen LogP contribution < -0.4 is 5.32 Å². The molecule has 1 aliphatic heterocycles. The van der Waals surface area contributed by atoms with Crippen molar-refractivity contribution in [3.8, 4) is 11.4 Å². The van der Waals surface area contributed by atoms with Crippen LogP contribution in [-0.4, -0.2) is 38.6 Å². The van der Waals surface area contributed by atoms with Crippen LogP contribution in [0.3, 0.4) is 0 Å². The SMILES string of the molecule is O=C(Nc1ccc(C(F)(F)F)cc1)N1CC[C@@H](n2c(-c3ccoc3)nc3cccnc32)C1. The molecule has 1 fully saturated rings. The largest absolute Gasteiger partial charge is 0.472 e. The van der Waals surface area contributed by atoms with Crippen molar-refractivity contribution >= 4 is 22.9 Å². The number of benzene rings is 1. The standard InChI is InChI=1S/C22H18F3N5O2/c23-22(24,25)15-3-5-16(6-4-15)27-21(31)29-10-7-17(12-29)30-19(14-8-11-32-13-14)28-18-2-1-9-26-20(18)30/h1-6,8-9,11,13,17H,7,10,12H2,(H,27,31)/t17-/m1/s1. The molecule has 3 aromatic heterocycles. The average Bonchev–Trinajstić information content (AvgIpc) is 3.51. The number of imidazole rings is 1. The third kappa shape index (κ3) is 3.68. The number of hydrogen-bond acceptors (Lipinski definition) is 4. The Morgan fingerprint density at radius 3 is 2.69 bits per heavy atom. The number of likely N-dealkylation sites (tertiary alicyclic amines) is 1. The van der Waals surface area contributed by atoms with E-state index in [1.807, 2.05) is 22.8 Å². The van der Waals surface area contributed by atoms with Crippen LogP contribution in [0.1, 0.15) is 18.0 Å². The van der Waals surface area contributed by atoms with Crippen molar-refractivity contribution in [3.05, 3.63) is 66.8 Å². The highest BCUT2D eigenvalue weighted by Gasteiger charge is 2.32. The van der Waals surface area contributed by atoms with Gasteiger partial charge in [0.2, 0.25) is 0 Å². The highest BCUT2D eigenvalue weighted by molar-refractivity contribution is 5.89. The fraction of sp³-hybridized carbons (Fsp3) is 0.227. The summed E-state index contributed by atoms with van der Waals surface area (Å²) < 4.78 is 45.4. The Balaban J connectivity index is 1.35. The van der Waals surface area contributed by atoms with Gasteiger partial charge in [-0.1, -0.05) is 0 Å². The maximum absolute atomic E-state index is 12.7. The predicted octanol–water partition coefficient (Wildman–Crippen LogP) is 5.19. The predicted molar refractivity (Wildman–Crippen MR) is 111 cm³/mol. The number of urea groups is 1. The first-order valence-electron chi connectivity index (χ1n) is 9.99. The van der Waals surface area contributed by atoms with Gasteiger partial charge in [0.15, 0.2) is 5.65 Å². The number of hydrogen-bond donors (Lipinski definition) is 1. The fourth-order valence-electron chi connectivity index (χ4n) is 3.95. The monoisotopic (exact) mass is 441 g/mol. The highest BCUT2D eigenvalue weighted by Crippen LogP contribution is 2.33. The van der Waals surface area contributed by atoms with Crippen molar-refractivity contribution in [1.29, 1.82) is 0 Å². The molecule has 0 bridgehead atoms. The summed E-state index contributed by atoms with van der Waals surface area (Å²) >= 11 is 0. The lowest BCUT2D eigenvalue weighted by molar-refractivity contribution is -0.137. The molecular weight excluding hydrogens is 423 g/mol. The molecule has 1 saturated heterocycles. The molecule has 7 nitrogen and oxygen atoms in total. The van der Waals surface area contributed by atoms with Crippen LogP contribution in [0.5, 0.6) is 0 Å². The molecule has 10 heteroatoms. The number of anilines is 1. The van der Waals surface area contributed by atoms with Crippen LogP contribution in [0.4, 0.5) is 23.7 Å². The number of carbonyl (C=O) groups is 1. The van der Waals surface area contributed by atoms with Crippen LogP contribution in [0.2, 0.25) is 0 Å². The zero-order valence-electron chi connectivity index (χ0n) is 16.7. The van der Waals surface area contributed by atoms with Gasteiger partial charge >= 0.3 is 12.2 Å². The van der Waals surface area contributed by atoms with Crippen molar-refractivity contribution in [2.24, 2.45) is 0 Å². The number of furan rings is 1. The van der Waals surface area contributed by atoms with Gasteiger partial charge in [0.1, 0.15) is 17.6 Å². The number of aromatic nitrogens is 3. The summed E-state index contributed by atoms with van der Waals surface area (Å²) in [5.74, 6) is 0.711. The van der Waals surface area contributed by atoms with E-state index in [1.54, 1.807) is 23.6 Å². The summed E-state index contributed by atoms with van der Waals surface area (Å²) in [5, 5.41) is 2.67. The minimum absolute atomic E-state index is 0.0573. The van der Waals surface area contributed by atoms with Crippen molar-refractivity contribution in [3.63, 3.8) is 0 Å². The summed E-state index contributed by atoms with van der Waals surface area (Å²) in [7, 11) is 0. The second-order valence-corrected chi connectivity index (χ2v) is 7.56. The number of halogens is 3. The van der Waals surface area contributed by atoms with E-state index in [4.69, 9.17) is 9.40 Å². The summed E-state index contributed by atoms with van der Waals surface area (Å²) in [5.41, 5.74) is 1.83. The molecule has 4 aromatic rings. The summed E-state index contributed by atoms with van der Waals surface area (Å²) in [6.07, 6.45) is 1.16. The van der Waals surface area contributed by atoms with Crippen LogP contribution in [0, 0.1) is 0 Å². The molecule has 0 saturated carbocycles. The Hall–Kier alpha value is -3.82. The Bertz CT molecular complexity index is 1250. The number of carbonyl (C=O) groups excluding carboxylic acids is 1. The normalized spacial score (nSPS) is 16.6. The zero-order valence-corrected chi connectivity index (χ0v) is 16.7. The van der Waals surface area contributed by atoms with E-state index in [2.05, 4.69) is 10.3 Å². The molecule has 4 heterocycles. The van der Waals surface area contributed by atoms with E-state index >= 15 is 0 Å². The second-order valence-electron chi connectivity index (χ2n) is 7.56. The molecule has 1 aliphatic rings. The lowest BCUT2D eigenvalue weighted by Crippen LogP contribution is -2.33. The van der Waals surface area contributed by atoms with E-state index < -0.39 is 11.7 Å². The molecule has 0 spiro atoms. The van der Waals surface area contributed by atoms with E-state index in [9.17, 15) is 18.0 Å². The van der Waals surface area contributed by atoms with Crippen molar-refractivity contribution < 1.29 is 22.4 Å². The van der Waals surface area contributed by atoms with Crippen LogP contribution in [0.25, 0.3) is 22.6 Å². The number of amides is 2. The van der Waals surface area contributed by atoms with E-state index in [0.717, 1.165) is 28.9 Å². The molecule has 1 N–H and O–H groups in total. The summed E-state index contributed by atoms with van der Waals surface area (Å²) in [6, 6.07) is 9.49. The quantitative estimate of drug-likeness (QED) is 0.475. The van der Waals surface area contributed by atoms with Crippen molar-refractivity contribution in [2.45, 2.75) is 18.6 Å². The minimum Gasteiger partial charge on any atom is -0.472 e.